The summed E-state index contributed by atoms with van der Waals surface area (Å²) < 4.78 is 0. The highest BCUT2D eigenvalue weighted by Crippen LogP contribution is 2.33. The average molecular weight is 306 g/mol. The topological polar surface area (TPSA) is 74.6 Å². The number of carbonyl (C=O) groups is 2. The number of carboxylic acids is 2. The molecule has 0 atom stereocenters. The summed E-state index contributed by atoms with van der Waals surface area (Å²) in [5, 5.41) is 17.9. The molecule has 4 nitrogen and oxygen atoms in total. The molecule has 0 aliphatic carbocycles. The summed E-state index contributed by atoms with van der Waals surface area (Å²) in [6, 6.07) is 9.33. The summed E-state index contributed by atoms with van der Waals surface area (Å²) in [5.74, 6) is -2.07. The Morgan fingerprint density at radius 2 is 1.40 bits per heavy atom. The van der Waals surface area contributed by atoms with Gasteiger partial charge >= 0.3 is 11.9 Å². The summed E-state index contributed by atoms with van der Waals surface area (Å²) in [7, 11) is 0. The predicted octanol–water partition coefficient (Wildman–Crippen LogP) is 3.33. The van der Waals surface area contributed by atoms with Crippen LogP contribution in [0.5, 0.6) is 0 Å². The third-order valence-electron chi connectivity index (χ3n) is 2.82. The van der Waals surface area contributed by atoms with Crippen LogP contribution in [0.2, 0.25) is 0 Å². The number of benzene rings is 2. The van der Waals surface area contributed by atoms with Crippen molar-refractivity contribution < 1.29 is 19.8 Å². The fourth-order valence-corrected chi connectivity index (χ4v) is 2.39. The van der Waals surface area contributed by atoms with Crippen molar-refractivity contribution in [1.82, 2.24) is 0 Å². The van der Waals surface area contributed by atoms with Gasteiger partial charge in [-0.25, -0.2) is 9.59 Å². The molecule has 0 aliphatic heterocycles. The largest absolute Gasteiger partial charge is 0.478 e. The standard InChI is InChI=1S/C14H10O4S2/c15-13(16)8-3-1-7(2-4-8)9-5-6-10(14(17)18)12(20)11(9)19/h1-6,19-20H,(H,15,16)(H,17,18). The van der Waals surface area contributed by atoms with Gasteiger partial charge in [0.2, 0.25) is 0 Å². The van der Waals surface area contributed by atoms with Gasteiger partial charge in [0.05, 0.1) is 11.1 Å². The quantitative estimate of drug-likeness (QED) is 0.656. The van der Waals surface area contributed by atoms with Gasteiger partial charge in [0, 0.05) is 9.79 Å². The highest BCUT2D eigenvalue weighted by Gasteiger charge is 2.14. The van der Waals surface area contributed by atoms with E-state index in [0.717, 1.165) is 5.56 Å². The first-order chi connectivity index (χ1) is 9.41. The molecule has 0 unspecified atom stereocenters. The Kier molecular flexibility index (Phi) is 4.06. The Bertz CT molecular complexity index is 693. The SMILES string of the molecule is O=C(O)c1ccc(-c2ccc(C(=O)O)c(S)c2S)cc1. The number of carboxylic acid groups (broad SMARTS) is 2. The van der Waals surface area contributed by atoms with E-state index in [9.17, 15) is 9.59 Å². The van der Waals surface area contributed by atoms with E-state index in [2.05, 4.69) is 25.3 Å². The molecule has 0 amide bonds. The molecule has 2 aromatic carbocycles. The maximum absolute atomic E-state index is 11.0. The van der Waals surface area contributed by atoms with Gasteiger partial charge < -0.3 is 10.2 Å². The summed E-state index contributed by atoms with van der Waals surface area (Å²) in [6.45, 7) is 0. The molecule has 0 fully saturated rings. The summed E-state index contributed by atoms with van der Waals surface area (Å²) in [4.78, 5) is 22.5. The van der Waals surface area contributed by atoms with E-state index >= 15 is 0 Å². The summed E-state index contributed by atoms with van der Waals surface area (Å²) in [5.41, 5.74) is 1.69. The van der Waals surface area contributed by atoms with Gasteiger partial charge in [0.15, 0.2) is 0 Å². The molecule has 0 radical (unpaired) electrons. The number of hydrogen-bond acceptors (Lipinski definition) is 4. The Labute approximate surface area is 125 Å². The van der Waals surface area contributed by atoms with Crippen LogP contribution in [0.1, 0.15) is 20.7 Å². The minimum absolute atomic E-state index is 0.0734. The fourth-order valence-electron chi connectivity index (χ4n) is 1.78. The molecule has 0 spiro atoms. The molecular formula is C14H10O4S2. The van der Waals surface area contributed by atoms with Crippen molar-refractivity contribution >= 4 is 37.2 Å². The van der Waals surface area contributed by atoms with Gasteiger partial charge in [0.25, 0.3) is 0 Å². The Balaban J connectivity index is 2.51. The molecule has 0 saturated carbocycles. The lowest BCUT2D eigenvalue weighted by molar-refractivity contribution is 0.0683. The van der Waals surface area contributed by atoms with Gasteiger partial charge in [-0.2, -0.15) is 0 Å². The van der Waals surface area contributed by atoms with Crippen LogP contribution >= 0.6 is 25.3 Å². The van der Waals surface area contributed by atoms with E-state index in [-0.39, 0.29) is 16.0 Å². The monoisotopic (exact) mass is 306 g/mol. The second-order valence-corrected chi connectivity index (χ2v) is 4.94. The van der Waals surface area contributed by atoms with E-state index in [1.807, 2.05) is 0 Å². The van der Waals surface area contributed by atoms with E-state index in [1.165, 1.54) is 18.2 Å². The van der Waals surface area contributed by atoms with E-state index in [4.69, 9.17) is 10.2 Å². The van der Waals surface area contributed by atoms with Crippen molar-refractivity contribution in [3.63, 3.8) is 0 Å². The first kappa shape index (κ1) is 14.5. The van der Waals surface area contributed by atoms with Crippen molar-refractivity contribution in [3.05, 3.63) is 47.5 Å². The lowest BCUT2D eigenvalue weighted by atomic mass is 10.0. The Morgan fingerprint density at radius 3 is 1.90 bits per heavy atom. The number of aromatic carboxylic acids is 2. The van der Waals surface area contributed by atoms with Crippen LogP contribution in [-0.4, -0.2) is 22.2 Å². The van der Waals surface area contributed by atoms with Crippen molar-refractivity contribution in [2.45, 2.75) is 9.79 Å². The van der Waals surface area contributed by atoms with Gasteiger partial charge in [-0.1, -0.05) is 18.2 Å². The van der Waals surface area contributed by atoms with Crippen molar-refractivity contribution in [2.75, 3.05) is 0 Å². The first-order valence-electron chi connectivity index (χ1n) is 5.53. The molecule has 0 bridgehead atoms. The van der Waals surface area contributed by atoms with Crippen molar-refractivity contribution in [1.29, 1.82) is 0 Å². The summed E-state index contributed by atoms with van der Waals surface area (Å²) >= 11 is 8.47. The highest BCUT2D eigenvalue weighted by atomic mass is 32.1. The zero-order chi connectivity index (χ0) is 14.9. The molecule has 102 valence electrons. The van der Waals surface area contributed by atoms with Crippen LogP contribution in [0, 0.1) is 0 Å². The normalized spacial score (nSPS) is 10.3. The summed E-state index contributed by atoms with van der Waals surface area (Å²) in [6.07, 6.45) is 0. The smallest absolute Gasteiger partial charge is 0.336 e. The van der Waals surface area contributed by atoms with E-state index in [0.29, 0.717) is 10.5 Å². The molecule has 20 heavy (non-hydrogen) atoms. The first-order valence-corrected chi connectivity index (χ1v) is 6.43. The van der Waals surface area contributed by atoms with E-state index < -0.39 is 11.9 Å². The third-order valence-corrected chi connectivity index (χ3v) is 3.93. The number of thiol groups is 2. The van der Waals surface area contributed by atoms with Crippen LogP contribution in [0.15, 0.2) is 46.2 Å². The van der Waals surface area contributed by atoms with Crippen molar-refractivity contribution in [3.8, 4) is 11.1 Å². The maximum atomic E-state index is 11.0. The predicted molar refractivity (Wildman–Crippen MR) is 80.3 cm³/mol. The Hall–Kier alpha value is -1.92. The Morgan fingerprint density at radius 1 is 0.800 bits per heavy atom. The van der Waals surface area contributed by atoms with Gasteiger partial charge in [0.1, 0.15) is 0 Å². The lowest BCUT2D eigenvalue weighted by Crippen LogP contribution is -1.99. The second kappa shape index (κ2) is 5.60. The van der Waals surface area contributed by atoms with E-state index in [1.54, 1.807) is 18.2 Å². The molecule has 0 saturated heterocycles. The molecule has 2 rings (SSSR count). The van der Waals surface area contributed by atoms with Crippen molar-refractivity contribution in [2.24, 2.45) is 0 Å². The van der Waals surface area contributed by atoms with Gasteiger partial charge in [-0.15, -0.1) is 25.3 Å². The third kappa shape index (κ3) is 2.66. The van der Waals surface area contributed by atoms with Gasteiger partial charge in [-0.05, 0) is 29.3 Å². The maximum Gasteiger partial charge on any atom is 0.336 e. The molecule has 2 N–H and O–H groups in total. The molecule has 0 heterocycles. The lowest BCUT2D eigenvalue weighted by Gasteiger charge is -2.10. The zero-order valence-electron chi connectivity index (χ0n) is 10.1. The minimum atomic E-state index is -1.07. The number of hydrogen-bond donors (Lipinski definition) is 4. The molecule has 0 aliphatic rings. The minimum Gasteiger partial charge on any atom is -0.478 e. The highest BCUT2D eigenvalue weighted by molar-refractivity contribution is 7.83. The van der Waals surface area contributed by atoms with Crippen LogP contribution in [0.4, 0.5) is 0 Å². The van der Waals surface area contributed by atoms with Gasteiger partial charge in [-0.3, -0.25) is 0 Å². The van der Waals surface area contributed by atoms with Crippen LogP contribution in [-0.2, 0) is 0 Å². The number of rotatable bonds is 3. The molecule has 0 aromatic heterocycles. The molecule has 2 aromatic rings. The zero-order valence-corrected chi connectivity index (χ0v) is 11.9. The van der Waals surface area contributed by atoms with Crippen LogP contribution in [0.25, 0.3) is 11.1 Å². The van der Waals surface area contributed by atoms with Crippen LogP contribution < -0.4 is 0 Å². The average Bonchev–Trinajstić information content (AvgIpc) is 2.41. The molecule has 6 heteroatoms. The second-order valence-electron chi connectivity index (χ2n) is 4.05. The van der Waals surface area contributed by atoms with Crippen LogP contribution in [0.3, 0.4) is 0 Å². The fraction of sp³-hybridized carbons (Fsp3) is 0. The molecular weight excluding hydrogens is 296 g/mol.